The zero-order chi connectivity index (χ0) is 15.1. The fourth-order valence-corrected chi connectivity index (χ4v) is 5.23. The molecule has 1 saturated carbocycles. The second-order valence-corrected chi connectivity index (χ2v) is 8.84. The van der Waals surface area contributed by atoms with Crippen molar-refractivity contribution in [2.75, 3.05) is 19.6 Å². The van der Waals surface area contributed by atoms with Crippen LogP contribution in [-0.4, -0.2) is 28.1 Å². The van der Waals surface area contributed by atoms with Gasteiger partial charge in [-0.05, 0) is 50.4 Å². The van der Waals surface area contributed by atoms with E-state index in [2.05, 4.69) is 17.0 Å². The molecule has 6 heteroatoms. The van der Waals surface area contributed by atoms with Gasteiger partial charge in [-0.3, -0.25) is 0 Å². The Labute approximate surface area is 132 Å². The molecule has 1 heterocycles. The smallest absolute Gasteiger partial charge is 0.250 e. The lowest BCUT2D eigenvalue weighted by Crippen LogP contribution is -2.29. The summed E-state index contributed by atoms with van der Waals surface area (Å²) in [6, 6.07) is 3.66. The molecule has 0 bridgehead atoms. The van der Waals surface area contributed by atoms with Gasteiger partial charge in [0.1, 0.15) is 4.21 Å². The Bertz CT molecular complexity index is 520. The van der Waals surface area contributed by atoms with E-state index in [1.165, 1.54) is 30.6 Å². The first kappa shape index (κ1) is 16.9. The van der Waals surface area contributed by atoms with E-state index in [0.29, 0.717) is 16.7 Å². The molecule has 1 aliphatic rings. The Morgan fingerprint density at radius 3 is 2.71 bits per heavy atom. The highest BCUT2D eigenvalue weighted by Crippen LogP contribution is 2.25. The summed E-state index contributed by atoms with van der Waals surface area (Å²) in [5.74, 6) is 0.515. The summed E-state index contributed by atoms with van der Waals surface area (Å²) in [6.07, 6.45) is 6.96. The van der Waals surface area contributed by atoms with Crippen molar-refractivity contribution < 1.29 is 8.42 Å². The lowest BCUT2D eigenvalue weighted by atomic mass is 9.90. The molecule has 0 saturated heterocycles. The Kier molecular flexibility index (Phi) is 6.67. The third kappa shape index (κ3) is 5.36. The summed E-state index contributed by atoms with van der Waals surface area (Å²) >= 11 is 1.39. The van der Waals surface area contributed by atoms with Gasteiger partial charge < -0.3 is 5.32 Å². The fourth-order valence-electron chi connectivity index (χ4n) is 2.72. The lowest BCUT2D eigenvalue weighted by Gasteiger charge is -2.21. The summed E-state index contributed by atoms with van der Waals surface area (Å²) in [7, 11) is -3.32. The van der Waals surface area contributed by atoms with Crippen molar-refractivity contribution in [3.63, 3.8) is 0 Å². The normalized spacial score (nSPS) is 17.2. The van der Waals surface area contributed by atoms with E-state index < -0.39 is 10.0 Å². The average Bonchev–Trinajstić information content (AvgIpc) is 2.96. The van der Waals surface area contributed by atoms with Crippen molar-refractivity contribution >= 4 is 21.4 Å². The molecule has 4 nitrogen and oxygen atoms in total. The molecule has 1 aliphatic carbocycles. The number of hydrogen-bond donors (Lipinski definition) is 2. The molecular weight excluding hydrogens is 304 g/mol. The van der Waals surface area contributed by atoms with Crippen molar-refractivity contribution in [3.8, 4) is 0 Å². The molecule has 21 heavy (non-hydrogen) atoms. The summed E-state index contributed by atoms with van der Waals surface area (Å²) < 4.78 is 27.8. The maximum Gasteiger partial charge on any atom is 0.250 e. The van der Waals surface area contributed by atoms with Crippen LogP contribution in [0.2, 0.25) is 0 Å². The number of hydrogen-bond acceptors (Lipinski definition) is 4. The highest BCUT2D eigenvalue weighted by atomic mass is 32.2. The molecule has 1 aromatic rings. The summed E-state index contributed by atoms with van der Waals surface area (Å²) in [5.41, 5.74) is 0. The predicted octanol–water partition coefficient (Wildman–Crippen LogP) is 2.76. The Morgan fingerprint density at radius 1 is 1.24 bits per heavy atom. The van der Waals surface area contributed by atoms with Crippen LogP contribution in [0.15, 0.2) is 16.3 Å². The van der Waals surface area contributed by atoms with Gasteiger partial charge in [-0.15, -0.1) is 11.3 Å². The third-order valence-electron chi connectivity index (χ3n) is 3.99. The molecule has 0 aliphatic heterocycles. The minimum Gasteiger partial charge on any atom is -0.317 e. The highest BCUT2D eigenvalue weighted by molar-refractivity contribution is 7.91. The van der Waals surface area contributed by atoms with E-state index >= 15 is 0 Å². The van der Waals surface area contributed by atoms with Gasteiger partial charge >= 0.3 is 0 Å². The van der Waals surface area contributed by atoms with Gasteiger partial charge in [0.2, 0.25) is 10.0 Å². The van der Waals surface area contributed by atoms with Crippen LogP contribution in [0.4, 0.5) is 0 Å². The van der Waals surface area contributed by atoms with Crippen molar-refractivity contribution in [3.05, 3.63) is 17.0 Å². The molecular formula is C15H26N2O2S2. The molecule has 1 aromatic heterocycles. The van der Waals surface area contributed by atoms with Crippen molar-refractivity contribution in [2.45, 2.75) is 49.7 Å². The zero-order valence-corrected chi connectivity index (χ0v) is 14.4. The van der Waals surface area contributed by atoms with Gasteiger partial charge in [-0.1, -0.05) is 26.2 Å². The van der Waals surface area contributed by atoms with Crippen LogP contribution in [0, 0.1) is 5.92 Å². The summed E-state index contributed by atoms with van der Waals surface area (Å²) in [4.78, 5) is 1.12. The number of nitrogens with one attached hydrogen (secondary N) is 2. The molecule has 0 amide bonds. The Hall–Kier alpha value is -0.430. The monoisotopic (exact) mass is 330 g/mol. The quantitative estimate of drug-likeness (QED) is 0.721. The molecule has 0 spiro atoms. The van der Waals surface area contributed by atoms with E-state index in [9.17, 15) is 8.42 Å². The van der Waals surface area contributed by atoms with Crippen molar-refractivity contribution in [2.24, 2.45) is 5.92 Å². The first-order valence-electron chi connectivity index (χ1n) is 7.91. The maximum atomic E-state index is 12.3. The van der Waals surface area contributed by atoms with E-state index in [1.807, 2.05) is 6.07 Å². The molecule has 2 rings (SSSR count). The molecule has 0 atom stereocenters. The van der Waals surface area contributed by atoms with Crippen LogP contribution in [0.3, 0.4) is 0 Å². The Morgan fingerprint density at radius 2 is 2.00 bits per heavy atom. The number of rotatable bonds is 8. The number of sulfonamides is 1. The molecule has 2 N–H and O–H groups in total. The third-order valence-corrected chi connectivity index (χ3v) is 7.05. The predicted molar refractivity (Wildman–Crippen MR) is 88.3 cm³/mol. The molecule has 1 fully saturated rings. The van der Waals surface area contributed by atoms with Gasteiger partial charge in [-0.25, -0.2) is 13.1 Å². The van der Waals surface area contributed by atoms with E-state index in [-0.39, 0.29) is 0 Å². The summed E-state index contributed by atoms with van der Waals surface area (Å²) in [6.45, 7) is 4.50. The zero-order valence-electron chi connectivity index (χ0n) is 12.7. The van der Waals surface area contributed by atoms with E-state index in [0.717, 1.165) is 37.2 Å². The second kappa shape index (κ2) is 8.27. The van der Waals surface area contributed by atoms with Crippen LogP contribution in [0.25, 0.3) is 0 Å². The molecule has 120 valence electrons. The Balaban J connectivity index is 1.86. The van der Waals surface area contributed by atoms with Gasteiger partial charge in [0.15, 0.2) is 0 Å². The largest absolute Gasteiger partial charge is 0.317 e. The minimum atomic E-state index is -3.32. The van der Waals surface area contributed by atoms with Gasteiger partial charge in [0.05, 0.1) is 0 Å². The van der Waals surface area contributed by atoms with Gasteiger partial charge in [0, 0.05) is 11.4 Å². The first-order valence-corrected chi connectivity index (χ1v) is 10.2. The second-order valence-electron chi connectivity index (χ2n) is 5.68. The first-order chi connectivity index (χ1) is 10.1. The lowest BCUT2D eigenvalue weighted by molar-refractivity contribution is 0.357. The fraction of sp³-hybridized carbons (Fsp3) is 0.733. The van der Waals surface area contributed by atoms with Crippen molar-refractivity contribution in [1.29, 1.82) is 0 Å². The van der Waals surface area contributed by atoms with Crippen LogP contribution in [0.5, 0.6) is 0 Å². The average molecular weight is 331 g/mol. The molecule has 0 radical (unpaired) electrons. The van der Waals surface area contributed by atoms with Gasteiger partial charge in [-0.2, -0.15) is 0 Å². The maximum absolute atomic E-state index is 12.3. The van der Waals surface area contributed by atoms with Crippen LogP contribution < -0.4 is 10.0 Å². The van der Waals surface area contributed by atoms with Crippen LogP contribution >= 0.6 is 11.3 Å². The minimum absolute atomic E-state index is 0.449. The number of thiophene rings is 1. The van der Waals surface area contributed by atoms with E-state index in [4.69, 9.17) is 0 Å². The standard InChI is InChI=1S/C15H26N2O2S2/c1-2-16-11-10-14-8-9-15(20-14)21(18,19)17-12-13-6-4-3-5-7-13/h8-9,13,16-17H,2-7,10-12H2,1H3. The topological polar surface area (TPSA) is 58.2 Å². The van der Waals surface area contributed by atoms with Crippen LogP contribution in [-0.2, 0) is 16.4 Å². The summed E-state index contributed by atoms with van der Waals surface area (Å²) in [5, 5.41) is 3.25. The SMILES string of the molecule is CCNCCc1ccc(S(=O)(=O)NCC2CCCCC2)s1. The van der Waals surface area contributed by atoms with E-state index in [1.54, 1.807) is 6.07 Å². The number of likely N-dealkylation sites (N-methyl/N-ethyl adjacent to an activating group) is 1. The molecule has 0 unspecified atom stereocenters. The van der Waals surface area contributed by atoms with Crippen LogP contribution in [0.1, 0.15) is 43.9 Å². The van der Waals surface area contributed by atoms with Gasteiger partial charge in [0.25, 0.3) is 0 Å². The van der Waals surface area contributed by atoms with Crippen molar-refractivity contribution in [1.82, 2.24) is 10.0 Å². The highest BCUT2D eigenvalue weighted by Gasteiger charge is 2.20. The molecule has 0 aromatic carbocycles.